The Morgan fingerprint density at radius 2 is 1.28 bits per heavy atom. The lowest BCUT2D eigenvalue weighted by atomic mass is 9.65. The third kappa shape index (κ3) is 8.28. The van der Waals surface area contributed by atoms with Crippen LogP contribution in [0.2, 0.25) is 0 Å². The van der Waals surface area contributed by atoms with Gasteiger partial charge in [-0.2, -0.15) is 0 Å². The van der Waals surface area contributed by atoms with Crippen LogP contribution < -0.4 is 0 Å². The highest BCUT2D eigenvalue weighted by molar-refractivity contribution is 6.02. The summed E-state index contributed by atoms with van der Waals surface area (Å²) in [6, 6.07) is 18.3. The van der Waals surface area contributed by atoms with Crippen molar-refractivity contribution < 1.29 is 33.7 Å². The molecule has 0 aliphatic heterocycles. The van der Waals surface area contributed by atoms with Crippen LogP contribution in [0.3, 0.4) is 0 Å². The second kappa shape index (κ2) is 13.7. The first kappa shape index (κ1) is 35.4. The average molecular weight is 633 g/mol. The molecule has 1 N–H and O–H groups in total. The lowest BCUT2D eigenvalue weighted by Gasteiger charge is -2.41. The zero-order valence-corrected chi connectivity index (χ0v) is 28.9. The molecule has 3 aromatic carbocycles. The standard InChI is InChI=1S/C39H52O7/c1-9-38(7,34(42)44-23-32-30-16-12-10-14-26(30)22-27-15-11-13-17-31(27)32)25-39(8,24-37(5,6)33(41)46-36(2,3)4)35(43)45-29-20-18-28(40)19-21-29/h10-17,22,28-29,40H,9,18-21,23-25H2,1-8H3. The topological polar surface area (TPSA) is 99.1 Å². The molecule has 1 saturated carbocycles. The van der Waals surface area contributed by atoms with Gasteiger partial charge in [-0.25, -0.2) is 0 Å². The molecule has 3 aromatic rings. The first-order valence-corrected chi connectivity index (χ1v) is 16.7. The maximum absolute atomic E-state index is 14.1. The van der Waals surface area contributed by atoms with Crippen LogP contribution in [0.4, 0.5) is 0 Å². The minimum absolute atomic E-state index is 0.0885. The van der Waals surface area contributed by atoms with Gasteiger partial charge in [0, 0.05) is 5.56 Å². The molecule has 0 heterocycles. The molecule has 7 nitrogen and oxygen atoms in total. The molecule has 7 heteroatoms. The maximum atomic E-state index is 14.1. The van der Waals surface area contributed by atoms with E-state index in [1.165, 1.54) is 0 Å². The van der Waals surface area contributed by atoms with Crippen molar-refractivity contribution in [2.45, 2.75) is 125 Å². The fourth-order valence-electron chi connectivity index (χ4n) is 6.91. The van der Waals surface area contributed by atoms with Gasteiger partial charge in [0.25, 0.3) is 0 Å². The second-order valence-corrected chi connectivity index (χ2v) is 15.4. The molecule has 250 valence electrons. The summed E-state index contributed by atoms with van der Waals surface area (Å²) in [6.07, 6.45) is 2.26. The summed E-state index contributed by atoms with van der Waals surface area (Å²) in [4.78, 5) is 41.5. The number of benzene rings is 3. The zero-order valence-electron chi connectivity index (χ0n) is 28.9. The number of rotatable bonds is 11. The summed E-state index contributed by atoms with van der Waals surface area (Å²) in [5.74, 6) is -1.26. The molecular formula is C39H52O7. The Morgan fingerprint density at radius 3 is 1.80 bits per heavy atom. The van der Waals surface area contributed by atoms with Crippen molar-refractivity contribution in [2.75, 3.05) is 0 Å². The number of esters is 3. The van der Waals surface area contributed by atoms with Crippen LogP contribution in [0.15, 0.2) is 54.6 Å². The molecule has 1 aliphatic carbocycles. The molecule has 2 atom stereocenters. The average Bonchev–Trinajstić information content (AvgIpc) is 2.98. The van der Waals surface area contributed by atoms with Gasteiger partial charge in [0.2, 0.25) is 0 Å². The van der Waals surface area contributed by atoms with Gasteiger partial charge in [-0.3, -0.25) is 14.4 Å². The first-order valence-electron chi connectivity index (χ1n) is 16.7. The van der Waals surface area contributed by atoms with Crippen LogP contribution >= 0.6 is 0 Å². The van der Waals surface area contributed by atoms with E-state index >= 15 is 0 Å². The van der Waals surface area contributed by atoms with E-state index in [9.17, 15) is 19.5 Å². The fourth-order valence-corrected chi connectivity index (χ4v) is 6.91. The molecule has 0 saturated heterocycles. The molecule has 0 spiro atoms. The van der Waals surface area contributed by atoms with Crippen molar-refractivity contribution in [1.29, 1.82) is 0 Å². The number of fused-ring (bicyclic) bond motifs is 2. The van der Waals surface area contributed by atoms with Crippen LogP contribution in [-0.4, -0.2) is 40.8 Å². The highest BCUT2D eigenvalue weighted by atomic mass is 16.6. The summed E-state index contributed by atoms with van der Waals surface area (Å²) >= 11 is 0. The summed E-state index contributed by atoms with van der Waals surface area (Å²) in [7, 11) is 0. The Morgan fingerprint density at radius 1 is 0.739 bits per heavy atom. The van der Waals surface area contributed by atoms with Crippen LogP contribution in [0.5, 0.6) is 0 Å². The van der Waals surface area contributed by atoms with Crippen LogP contribution in [0.25, 0.3) is 21.5 Å². The van der Waals surface area contributed by atoms with Crippen molar-refractivity contribution in [2.24, 2.45) is 16.2 Å². The maximum Gasteiger partial charge on any atom is 0.312 e. The molecule has 0 amide bonds. The molecule has 0 radical (unpaired) electrons. The van der Waals surface area contributed by atoms with Crippen LogP contribution in [0, 0.1) is 16.2 Å². The minimum Gasteiger partial charge on any atom is -0.462 e. The monoisotopic (exact) mass is 632 g/mol. The third-order valence-corrected chi connectivity index (χ3v) is 9.48. The van der Waals surface area contributed by atoms with Crippen LogP contribution in [-0.2, 0) is 35.2 Å². The van der Waals surface area contributed by atoms with Gasteiger partial charge in [-0.15, -0.1) is 0 Å². The Labute approximate surface area is 274 Å². The molecule has 1 aliphatic rings. The molecule has 46 heavy (non-hydrogen) atoms. The van der Waals surface area contributed by atoms with Gasteiger partial charge in [-0.1, -0.05) is 55.5 Å². The Hall–Kier alpha value is -3.45. The number of carbonyl (C=O) groups is 3. The number of aliphatic hydroxyl groups excluding tert-OH is 1. The minimum atomic E-state index is -1.20. The van der Waals surface area contributed by atoms with E-state index < -0.39 is 39.8 Å². The van der Waals surface area contributed by atoms with Crippen molar-refractivity contribution >= 4 is 39.5 Å². The lowest BCUT2D eigenvalue weighted by molar-refractivity contribution is -0.176. The molecular weight excluding hydrogens is 580 g/mol. The Balaban J connectivity index is 1.62. The third-order valence-electron chi connectivity index (χ3n) is 9.48. The van der Waals surface area contributed by atoms with Crippen molar-refractivity contribution in [3.05, 3.63) is 60.2 Å². The number of hydrogen-bond acceptors (Lipinski definition) is 7. The summed E-state index contributed by atoms with van der Waals surface area (Å²) < 4.78 is 17.9. The second-order valence-electron chi connectivity index (χ2n) is 15.4. The predicted octanol–water partition coefficient (Wildman–Crippen LogP) is 8.45. The smallest absolute Gasteiger partial charge is 0.312 e. The summed E-state index contributed by atoms with van der Waals surface area (Å²) in [6.45, 7) is 14.6. The van der Waals surface area contributed by atoms with Gasteiger partial charge in [0.1, 0.15) is 18.3 Å². The van der Waals surface area contributed by atoms with E-state index in [4.69, 9.17) is 14.2 Å². The van der Waals surface area contributed by atoms with Crippen molar-refractivity contribution in [3.63, 3.8) is 0 Å². The zero-order chi connectivity index (χ0) is 33.9. The van der Waals surface area contributed by atoms with Crippen molar-refractivity contribution in [3.8, 4) is 0 Å². The normalized spacial score (nSPS) is 20.0. The van der Waals surface area contributed by atoms with Crippen molar-refractivity contribution in [1.82, 2.24) is 0 Å². The number of aliphatic hydroxyl groups is 1. The van der Waals surface area contributed by atoms with Gasteiger partial charge in [0.05, 0.1) is 22.3 Å². The molecule has 1 fully saturated rings. The van der Waals surface area contributed by atoms with Crippen LogP contribution in [0.1, 0.15) is 106 Å². The number of carbonyl (C=O) groups excluding carboxylic acids is 3. The lowest BCUT2D eigenvalue weighted by Crippen LogP contribution is -2.46. The van der Waals surface area contributed by atoms with E-state index in [-0.39, 0.29) is 31.7 Å². The van der Waals surface area contributed by atoms with Gasteiger partial charge < -0.3 is 19.3 Å². The number of hydrogen-bond donors (Lipinski definition) is 1. The molecule has 2 unspecified atom stereocenters. The first-order chi connectivity index (χ1) is 21.5. The van der Waals surface area contributed by atoms with E-state index in [1.54, 1.807) is 20.8 Å². The van der Waals surface area contributed by atoms with Gasteiger partial charge in [0.15, 0.2) is 0 Å². The molecule has 0 aromatic heterocycles. The number of ether oxygens (including phenoxy) is 3. The van der Waals surface area contributed by atoms with Gasteiger partial charge >= 0.3 is 17.9 Å². The van der Waals surface area contributed by atoms with E-state index in [2.05, 4.69) is 18.2 Å². The molecule has 4 rings (SSSR count). The quantitative estimate of drug-likeness (QED) is 0.129. The largest absolute Gasteiger partial charge is 0.462 e. The Bertz CT molecular complexity index is 1510. The fraction of sp³-hybridized carbons (Fsp3) is 0.564. The van der Waals surface area contributed by atoms with Gasteiger partial charge in [-0.05, 0) is 121 Å². The highest BCUT2D eigenvalue weighted by Crippen LogP contribution is 2.47. The predicted molar refractivity (Wildman–Crippen MR) is 181 cm³/mol. The highest BCUT2D eigenvalue weighted by Gasteiger charge is 2.50. The van der Waals surface area contributed by atoms with E-state index in [0.29, 0.717) is 32.1 Å². The summed E-state index contributed by atoms with van der Waals surface area (Å²) in [5, 5.41) is 14.2. The van der Waals surface area contributed by atoms with E-state index in [1.807, 2.05) is 71.0 Å². The summed E-state index contributed by atoms with van der Waals surface area (Å²) in [5.41, 5.74) is -3.03. The Kier molecular flexibility index (Phi) is 10.6. The SMILES string of the molecule is CCC(C)(CC(C)(CC(C)(C)C(=O)OC(C)(C)C)C(=O)OC1CCC(O)CC1)C(=O)OCc1c2ccccc2cc2ccccc12. The molecule has 0 bridgehead atoms. The van der Waals surface area contributed by atoms with E-state index in [0.717, 1.165) is 27.1 Å².